The molecule has 1 amide bonds. The fourth-order valence-electron chi connectivity index (χ4n) is 3.42. The molecule has 0 saturated heterocycles. The van der Waals surface area contributed by atoms with Gasteiger partial charge in [-0.2, -0.15) is 18.3 Å². The zero-order valence-corrected chi connectivity index (χ0v) is 17.8. The highest BCUT2D eigenvalue weighted by molar-refractivity contribution is 7.10. The molecule has 0 radical (unpaired) electrons. The lowest BCUT2D eigenvalue weighted by molar-refractivity contribution is -0.173. The number of anilines is 1. The maximum Gasteiger partial charge on any atom is 0.410 e. The average Bonchev–Trinajstić information content (AvgIpc) is 3.40. The van der Waals surface area contributed by atoms with Crippen LogP contribution in [0.4, 0.5) is 19.0 Å². The number of ether oxygens (including phenoxy) is 1. The van der Waals surface area contributed by atoms with Crippen LogP contribution >= 0.6 is 22.9 Å². The first-order valence-electron chi connectivity index (χ1n) is 9.33. The van der Waals surface area contributed by atoms with Gasteiger partial charge in [0.2, 0.25) is 0 Å². The van der Waals surface area contributed by atoms with Crippen LogP contribution < -0.4 is 15.4 Å². The van der Waals surface area contributed by atoms with Crippen molar-refractivity contribution in [3.8, 4) is 5.75 Å². The second kappa shape index (κ2) is 8.43. The summed E-state index contributed by atoms with van der Waals surface area (Å²) in [7, 11) is 1.55. The smallest absolute Gasteiger partial charge is 0.410 e. The third-order valence-corrected chi connectivity index (χ3v) is 6.35. The van der Waals surface area contributed by atoms with E-state index >= 15 is 0 Å². The number of halogens is 4. The first-order chi connectivity index (χ1) is 14.8. The van der Waals surface area contributed by atoms with Gasteiger partial charge in [0.25, 0.3) is 5.91 Å². The third-order valence-electron chi connectivity index (χ3n) is 5.01. The van der Waals surface area contributed by atoms with Gasteiger partial charge >= 0.3 is 6.18 Å². The van der Waals surface area contributed by atoms with E-state index in [1.54, 1.807) is 48.9 Å². The number of amides is 1. The van der Waals surface area contributed by atoms with Crippen molar-refractivity contribution in [1.82, 2.24) is 15.1 Å². The summed E-state index contributed by atoms with van der Waals surface area (Å²) in [6, 6.07) is 8.09. The van der Waals surface area contributed by atoms with E-state index in [1.807, 2.05) is 0 Å². The number of thiophene rings is 1. The van der Waals surface area contributed by atoms with Crippen LogP contribution in [0.5, 0.6) is 5.75 Å². The van der Waals surface area contributed by atoms with Crippen molar-refractivity contribution in [1.29, 1.82) is 0 Å². The molecule has 0 fully saturated rings. The fraction of sp³-hybridized carbons (Fsp3) is 0.300. The highest BCUT2D eigenvalue weighted by atomic mass is 35.5. The number of rotatable bonds is 5. The highest BCUT2D eigenvalue weighted by Crippen LogP contribution is 2.46. The Morgan fingerprint density at radius 3 is 2.71 bits per heavy atom. The van der Waals surface area contributed by atoms with Crippen molar-refractivity contribution in [2.24, 2.45) is 0 Å². The van der Waals surface area contributed by atoms with Crippen LogP contribution in [0, 0.1) is 0 Å². The van der Waals surface area contributed by atoms with Crippen LogP contribution in [0.25, 0.3) is 0 Å². The van der Waals surface area contributed by atoms with Gasteiger partial charge in [-0.1, -0.05) is 29.8 Å². The molecule has 1 aromatic carbocycles. The van der Waals surface area contributed by atoms with Gasteiger partial charge in [0.05, 0.1) is 13.2 Å². The molecule has 2 N–H and O–H groups in total. The van der Waals surface area contributed by atoms with Gasteiger partial charge in [-0.15, -0.1) is 11.3 Å². The largest absolute Gasteiger partial charge is 0.497 e. The Hall–Kier alpha value is -2.72. The number of nitrogens with one attached hydrogen (secondary N) is 2. The Morgan fingerprint density at radius 2 is 2.10 bits per heavy atom. The van der Waals surface area contributed by atoms with Gasteiger partial charge in [0.1, 0.15) is 16.6 Å². The number of benzene rings is 1. The maximum atomic E-state index is 13.8. The Labute approximate surface area is 185 Å². The molecule has 0 spiro atoms. The summed E-state index contributed by atoms with van der Waals surface area (Å²) in [6.07, 6.45) is -4.79. The van der Waals surface area contributed by atoms with Gasteiger partial charge in [0.15, 0.2) is 11.7 Å². The molecule has 2 atom stereocenters. The fourth-order valence-corrected chi connectivity index (χ4v) is 4.48. The molecule has 31 heavy (non-hydrogen) atoms. The Balaban J connectivity index is 1.58. The molecule has 0 unspecified atom stereocenters. The molecule has 4 rings (SSSR count). The van der Waals surface area contributed by atoms with Gasteiger partial charge in [-0.25, -0.2) is 4.68 Å². The SMILES string of the molecule is COc1ccc(CNC(=O)c2nn3c(c2Cl)N[C@H](c2cccs2)C[C@H]3C(F)(F)F)cc1. The minimum atomic E-state index is -4.54. The standard InChI is InChI=1S/C20H18ClF3N4O2S/c1-30-12-6-4-11(5-7-12)10-25-19(29)17-16(21)18-26-13(14-3-2-8-31-14)9-15(20(22,23)24)28(18)27-17/h2-8,13,15,26H,9-10H2,1H3,(H,25,29)/t13-,15-/m0/s1. The molecular formula is C20H18ClF3N4O2S. The van der Waals surface area contributed by atoms with E-state index in [1.165, 1.54) is 11.3 Å². The summed E-state index contributed by atoms with van der Waals surface area (Å²) in [6.45, 7) is 0.162. The van der Waals surface area contributed by atoms with E-state index in [-0.39, 0.29) is 29.5 Å². The number of hydrogen-bond acceptors (Lipinski definition) is 5. The van der Waals surface area contributed by atoms with Gasteiger partial charge < -0.3 is 15.4 Å². The number of alkyl halides is 3. The molecule has 11 heteroatoms. The zero-order valence-electron chi connectivity index (χ0n) is 16.2. The van der Waals surface area contributed by atoms with Crippen molar-refractivity contribution >= 4 is 34.7 Å². The first-order valence-corrected chi connectivity index (χ1v) is 10.6. The lowest BCUT2D eigenvalue weighted by atomic mass is 10.0. The van der Waals surface area contributed by atoms with E-state index in [0.717, 1.165) is 15.1 Å². The highest BCUT2D eigenvalue weighted by Gasteiger charge is 2.48. The third kappa shape index (κ3) is 4.35. The average molecular weight is 471 g/mol. The normalized spacial score (nSPS) is 18.2. The molecule has 3 heterocycles. The Bertz CT molecular complexity index is 1070. The molecule has 1 aliphatic heterocycles. The van der Waals surface area contributed by atoms with Crippen molar-refractivity contribution < 1.29 is 22.7 Å². The van der Waals surface area contributed by atoms with Crippen LogP contribution in [-0.4, -0.2) is 29.0 Å². The lowest BCUT2D eigenvalue weighted by Gasteiger charge is -2.32. The Kier molecular flexibility index (Phi) is 5.85. The minimum Gasteiger partial charge on any atom is -0.497 e. The number of carbonyl (C=O) groups excluding carboxylic acids is 1. The second-order valence-electron chi connectivity index (χ2n) is 6.99. The predicted octanol–water partition coefficient (Wildman–Crippen LogP) is 5.20. The number of fused-ring (bicyclic) bond motifs is 1. The Morgan fingerprint density at radius 1 is 1.35 bits per heavy atom. The molecule has 6 nitrogen and oxygen atoms in total. The topological polar surface area (TPSA) is 68.2 Å². The van der Waals surface area contributed by atoms with Crippen LogP contribution in [0.1, 0.15) is 39.4 Å². The molecule has 164 valence electrons. The summed E-state index contributed by atoms with van der Waals surface area (Å²) >= 11 is 7.67. The number of methoxy groups -OCH3 is 1. The molecule has 0 saturated carbocycles. The van der Waals surface area contributed by atoms with Gasteiger partial charge in [-0.3, -0.25) is 4.79 Å². The van der Waals surface area contributed by atoms with Crippen molar-refractivity contribution in [3.63, 3.8) is 0 Å². The summed E-state index contributed by atoms with van der Waals surface area (Å²) in [5, 5.41) is 11.3. The van der Waals surface area contributed by atoms with E-state index in [0.29, 0.717) is 5.75 Å². The van der Waals surface area contributed by atoms with Gasteiger partial charge in [0, 0.05) is 17.8 Å². The van der Waals surface area contributed by atoms with E-state index in [4.69, 9.17) is 16.3 Å². The van der Waals surface area contributed by atoms with Crippen LogP contribution in [0.3, 0.4) is 0 Å². The lowest BCUT2D eigenvalue weighted by Crippen LogP contribution is -2.35. The molecular weight excluding hydrogens is 453 g/mol. The van der Waals surface area contributed by atoms with Crippen LogP contribution in [0.2, 0.25) is 5.02 Å². The summed E-state index contributed by atoms with van der Waals surface area (Å²) in [4.78, 5) is 13.4. The minimum absolute atomic E-state index is 0.0109. The van der Waals surface area contributed by atoms with Crippen LogP contribution in [0.15, 0.2) is 41.8 Å². The number of aromatic nitrogens is 2. The molecule has 3 aromatic rings. The monoisotopic (exact) mass is 470 g/mol. The van der Waals surface area contributed by atoms with Crippen molar-refractivity contribution in [3.05, 3.63) is 62.9 Å². The molecule has 1 aliphatic rings. The van der Waals surface area contributed by atoms with E-state index in [9.17, 15) is 18.0 Å². The summed E-state index contributed by atoms with van der Waals surface area (Å²) in [5.74, 6) is 0.00538. The summed E-state index contributed by atoms with van der Waals surface area (Å²) < 4.78 is 47.2. The van der Waals surface area contributed by atoms with E-state index < -0.39 is 24.2 Å². The molecule has 0 aliphatic carbocycles. The predicted molar refractivity (Wildman–Crippen MR) is 112 cm³/mol. The molecule has 2 aromatic heterocycles. The van der Waals surface area contributed by atoms with Crippen LogP contribution in [-0.2, 0) is 6.54 Å². The number of hydrogen-bond donors (Lipinski definition) is 2. The second-order valence-corrected chi connectivity index (χ2v) is 8.35. The molecule has 0 bridgehead atoms. The van der Waals surface area contributed by atoms with Gasteiger partial charge in [-0.05, 0) is 29.1 Å². The maximum absolute atomic E-state index is 13.8. The number of nitrogens with zero attached hydrogens (tertiary/aromatic N) is 2. The first kappa shape index (κ1) is 21.5. The quantitative estimate of drug-likeness (QED) is 0.538. The summed E-state index contributed by atoms with van der Waals surface area (Å²) in [5.41, 5.74) is 0.539. The zero-order chi connectivity index (χ0) is 22.2. The van der Waals surface area contributed by atoms with E-state index in [2.05, 4.69) is 15.7 Å². The van der Waals surface area contributed by atoms with Crippen molar-refractivity contribution in [2.45, 2.75) is 31.2 Å². The number of carbonyl (C=O) groups is 1. The van der Waals surface area contributed by atoms with Crippen molar-refractivity contribution in [2.75, 3.05) is 12.4 Å².